The summed E-state index contributed by atoms with van der Waals surface area (Å²) >= 11 is 1.51. The maximum Gasteiger partial charge on any atom is 0.258 e. The molecule has 6 heteroatoms. The van der Waals surface area contributed by atoms with Gasteiger partial charge in [0.05, 0.1) is 5.56 Å². The first-order valence-electron chi connectivity index (χ1n) is 8.30. The van der Waals surface area contributed by atoms with Crippen LogP contribution in [0.4, 0.5) is 0 Å². The lowest BCUT2D eigenvalue weighted by Crippen LogP contribution is -2.31. The normalized spacial score (nSPS) is 17.5. The van der Waals surface area contributed by atoms with Crippen LogP contribution in [0.15, 0.2) is 9.95 Å². The largest absolute Gasteiger partial charge is 0.493 e. The third kappa shape index (κ3) is 4.74. The van der Waals surface area contributed by atoms with Gasteiger partial charge in [0.25, 0.3) is 5.56 Å². The van der Waals surface area contributed by atoms with Crippen LogP contribution in [0, 0.1) is 0 Å². The topological polar surface area (TPSA) is 69.2 Å². The Bertz CT molecular complexity index is 527. The molecule has 0 saturated carbocycles. The lowest BCUT2D eigenvalue weighted by Gasteiger charge is -2.25. The van der Waals surface area contributed by atoms with Crippen molar-refractivity contribution in [1.82, 2.24) is 14.9 Å². The Labute approximate surface area is 136 Å². The Hall–Kier alpha value is -1.01. The van der Waals surface area contributed by atoms with Gasteiger partial charge >= 0.3 is 0 Å². The molecular weight excluding hydrogens is 298 g/mol. The Morgan fingerprint density at radius 1 is 1.36 bits per heavy atom. The number of aromatic amines is 1. The minimum Gasteiger partial charge on any atom is -0.493 e. The molecule has 1 aromatic heterocycles. The molecule has 0 aliphatic carbocycles. The number of rotatable bonds is 7. The van der Waals surface area contributed by atoms with Crippen molar-refractivity contribution in [3.8, 4) is 5.88 Å². The van der Waals surface area contributed by atoms with E-state index in [9.17, 15) is 9.90 Å². The van der Waals surface area contributed by atoms with Crippen molar-refractivity contribution >= 4 is 11.8 Å². The fourth-order valence-corrected chi connectivity index (χ4v) is 3.85. The third-order valence-corrected chi connectivity index (χ3v) is 5.08. The van der Waals surface area contributed by atoms with Gasteiger partial charge in [0.1, 0.15) is 0 Å². The van der Waals surface area contributed by atoms with Crippen LogP contribution in [0.25, 0.3) is 0 Å². The van der Waals surface area contributed by atoms with E-state index < -0.39 is 0 Å². The van der Waals surface area contributed by atoms with E-state index in [2.05, 4.69) is 21.8 Å². The SMILES string of the molecule is CCCC(C)c1c(O)nc(SCCN2CCCCC2)[nH]c1=O. The smallest absolute Gasteiger partial charge is 0.258 e. The Morgan fingerprint density at radius 3 is 2.73 bits per heavy atom. The van der Waals surface area contributed by atoms with Crippen molar-refractivity contribution in [2.24, 2.45) is 0 Å². The molecule has 1 atom stereocenters. The van der Waals surface area contributed by atoms with Gasteiger partial charge in [0, 0.05) is 12.3 Å². The number of aromatic hydroxyl groups is 1. The number of aromatic nitrogens is 2. The van der Waals surface area contributed by atoms with Crippen LogP contribution in [0.3, 0.4) is 0 Å². The summed E-state index contributed by atoms with van der Waals surface area (Å²) in [5.41, 5.74) is 0.219. The first-order valence-corrected chi connectivity index (χ1v) is 9.28. The molecule has 22 heavy (non-hydrogen) atoms. The first kappa shape index (κ1) is 17.3. The van der Waals surface area contributed by atoms with Gasteiger partial charge in [-0.3, -0.25) is 4.79 Å². The molecule has 2 heterocycles. The Morgan fingerprint density at radius 2 is 2.09 bits per heavy atom. The van der Waals surface area contributed by atoms with Crippen LogP contribution in [0.1, 0.15) is 57.4 Å². The van der Waals surface area contributed by atoms with Crippen LogP contribution in [0.2, 0.25) is 0 Å². The number of nitrogens with zero attached hydrogens (tertiary/aromatic N) is 2. The lowest BCUT2D eigenvalue weighted by molar-refractivity contribution is 0.242. The van der Waals surface area contributed by atoms with Gasteiger partial charge in [0.2, 0.25) is 5.88 Å². The highest BCUT2D eigenvalue weighted by atomic mass is 32.2. The third-order valence-electron chi connectivity index (χ3n) is 4.22. The van der Waals surface area contributed by atoms with E-state index in [-0.39, 0.29) is 17.4 Å². The number of likely N-dealkylation sites (tertiary alicyclic amines) is 1. The maximum atomic E-state index is 12.2. The fourth-order valence-electron chi connectivity index (χ4n) is 2.99. The zero-order chi connectivity index (χ0) is 15.9. The summed E-state index contributed by atoms with van der Waals surface area (Å²) in [6.45, 7) is 7.37. The quantitative estimate of drug-likeness (QED) is 0.596. The second-order valence-electron chi connectivity index (χ2n) is 6.05. The summed E-state index contributed by atoms with van der Waals surface area (Å²) in [7, 11) is 0. The standard InChI is InChI=1S/C16H27N3O2S/c1-3-7-12(2)13-14(20)17-16(18-15(13)21)22-11-10-19-8-5-4-6-9-19/h12H,3-11H2,1-2H3,(H2,17,18,20,21). The number of piperidine rings is 1. The average molecular weight is 325 g/mol. The molecule has 0 aromatic carbocycles. The number of hydrogen-bond donors (Lipinski definition) is 2. The van der Waals surface area contributed by atoms with Crippen LogP contribution < -0.4 is 5.56 Å². The van der Waals surface area contributed by atoms with E-state index in [4.69, 9.17) is 0 Å². The molecule has 0 amide bonds. The van der Waals surface area contributed by atoms with Crippen molar-refractivity contribution in [1.29, 1.82) is 0 Å². The number of nitrogens with one attached hydrogen (secondary N) is 1. The molecule has 2 rings (SSSR count). The molecule has 1 aromatic rings. The molecule has 1 fully saturated rings. The Kier molecular flexibility index (Phi) is 6.76. The van der Waals surface area contributed by atoms with Crippen LogP contribution >= 0.6 is 11.8 Å². The predicted octanol–water partition coefficient (Wildman–Crippen LogP) is 2.96. The molecular formula is C16H27N3O2S. The zero-order valence-electron chi connectivity index (χ0n) is 13.6. The van der Waals surface area contributed by atoms with Crippen molar-refractivity contribution in [3.63, 3.8) is 0 Å². The summed E-state index contributed by atoms with van der Waals surface area (Å²) in [6, 6.07) is 0. The average Bonchev–Trinajstić information content (AvgIpc) is 2.48. The van der Waals surface area contributed by atoms with Crippen LogP contribution in [-0.4, -0.2) is 45.4 Å². The van der Waals surface area contributed by atoms with Crippen molar-refractivity contribution in [3.05, 3.63) is 15.9 Å². The van der Waals surface area contributed by atoms with Gasteiger partial charge in [0.15, 0.2) is 5.16 Å². The van der Waals surface area contributed by atoms with E-state index >= 15 is 0 Å². The second kappa shape index (κ2) is 8.58. The minimum atomic E-state index is -0.200. The predicted molar refractivity (Wildman–Crippen MR) is 90.9 cm³/mol. The van der Waals surface area contributed by atoms with E-state index in [0.29, 0.717) is 10.7 Å². The molecule has 0 spiro atoms. The summed E-state index contributed by atoms with van der Waals surface area (Å²) < 4.78 is 0. The molecule has 1 saturated heterocycles. The van der Waals surface area contributed by atoms with Crippen molar-refractivity contribution < 1.29 is 5.11 Å². The van der Waals surface area contributed by atoms with Gasteiger partial charge < -0.3 is 15.0 Å². The molecule has 124 valence electrons. The van der Waals surface area contributed by atoms with Gasteiger partial charge in [-0.25, -0.2) is 0 Å². The highest BCUT2D eigenvalue weighted by Gasteiger charge is 2.17. The molecule has 5 nitrogen and oxygen atoms in total. The summed E-state index contributed by atoms with van der Waals surface area (Å²) in [6.07, 6.45) is 5.76. The molecule has 2 N–H and O–H groups in total. The number of thioether (sulfide) groups is 1. The van der Waals surface area contributed by atoms with Crippen LogP contribution in [-0.2, 0) is 0 Å². The van der Waals surface area contributed by atoms with Gasteiger partial charge in [-0.2, -0.15) is 4.98 Å². The van der Waals surface area contributed by atoms with Gasteiger partial charge in [-0.15, -0.1) is 0 Å². The molecule has 0 radical (unpaired) electrons. The second-order valence-corrected chi connectivity index (χ2v) is 7.13. The molecule has 0 bridgehead atoms. The maximum absolute atomic E-state index is 12.2. The van der Waals surface area contributed by atoms with Gasteiger partial charge in [-0.1, -0.05) is 38.5 Å². The lowest BCUT2D eigenvalue weighted by atomic mass is 9.99. The van der Waals surface area contributed by atoms with E-state index in [1.54, 1.807) is 0 Å². The summed E-state index contributed by atoms with van der Waals surface area (Å²) in [5, 5.41) is 10.6. The van der Waals surface area contributed by atoms with Crippen molar-refractivity contribution in [2.45, 2.75) is 57.0 Å². The molecule has 1 aliphatic heterocycles. The Balaban J connectivity index is 1.93. The first-order chi connectivity index (χ1) is 10.6. The summed E-state index contributed by atoms with van der Waals surface area (Å²) in [4.78, 5) is 21.6. The monoisotopic (exact) mass is 325 g/mol. The zero-order valence-corrected chi connectivity index (χ0v) is 14.4. The fraction of sp³-hybridized carbons (Fsp3) is 0.750. The van der Waals surface area contributed by atoms with E-state index in [0.717, 1.165) is 25.1 Å². The minimum absolute atomic E-state index is 0.0358. The van der Waals surface area contributed by atoms with E-state index in [1.807, 2.05) is 6.92 Å². The number of H-pyrrole nitrogens is 1. The van der Waals surface area contributed by atoms with Gasteiger partial charge in [-0.05, 0) is 38.3 Å². The highest BCUT2D eigenvalue weighted by Crippen LogP contribution is 2.25. The number of hydrogen-bond acceptors (Lipinski definition) is 5. The highest BCUT2D eigenvalue weighted by molar-refractivity contribution is 7.99. The molecule has 1 unspecified atom stereocenters. The van der Waals surface area contributed by atoms with Crippen LogP contribution in [0.5, 0.6) is 5.88 Å². The van der Waals surface area contributed by atoms with E-state index in [1.165, 1.54) is 44.1 Å². The summed E-state index contributed by atoms with van der Waals surface area (Å²) in [5.74, 6) is 0.811. The van der Waals surface area contributed by atoms with Crippen molar-refractivity contribution in [2.75, 3.05) is 25.4 Å². The molecule has 1 aliphatic rings.